The van der Waals surface area contributed by atoms with Crippen molar-refractivity contribution in [3.8, 4) is 0 Å². The van der Waals surface area contributed by atoms with Gasteiger partial charge in [-0.2, -0.15) is 0 Å². The molecule has 28 heavy (non-hydrogen) atoms. The molecule has 0 radical (unpaired) electrons. The van der Waals surface area contributed by atoms with Gasteiger partial charge in [-0.15, -0.1) is 12.4 Å². The number of carbonyl (C=O) groups excluding carboxylic acids is 1. The Morgan fingerprint density at radius 1 is 1.11 bits per heavy atom. The van der Waals surface area contributed by atoms with Crippen LogP contribution < -0.4 is 15.4 Å². The fourth-order valence-electron chi connectivity index (χ4n) is 3.16. The van der Waals surface area contributed by atoms with Crippen LogP contribution in [0.15, 0.2) is 53.4 Å². The standard InChI is InChI=1S/C20H25N3O3S.ClH/c1-14-5-3-4-6-19(14)23-27(25,26)17-9-7-16(8-10-17)20(24)22-18-11-12-21-13-15(18)2;/h3-10,15,18,21,23H,11-13H2,1-2H3,(H,22,24);1H. The summed E-state index contributed by atoms with van der Waals surface area (Å²) in [5, 5.41) is 6.35. The zero-order chi connectivity index (χ0) is 19.4. The maximum atomic E-state index is 12.6. The molecule has 0 aromatic heterocycles. The highest BCUT2D eigenvalue weighted by Gasteiger charge is 2.23. The predicted molar refractivity (Wildman–Crippen MR) is 114 cm³/mol. The molecule has 2 aromatic rings. The van der Waals surface area contributed by atoms with E-state index < -0.39 is 10.0 Å². The first-order valence-electron chi connectivity index (χ1n) is 9.07. The Hall–Kier alpha value is -2.09. The van der Waals surface area contributed by atoms with Crippen LogP contribution in [0.2, 0.25) is 0 Å². The van der Waals surface area contributed by atoms with Crippen LogP contribution >= 0.6 is 12.4 Å². The van der Waals surface area contributed by atoms with E-state index in [1.807, 2.05) is 19.1 Å². The van der Waals surface area contributed by atoms with Crippen molar-refractivity contribution in [1.29, 1.82) is 0 Å². The van der Waals surface area contributed by atoms with E-state index in [1.54, 1.807) is 24.3 Å². The summed E-state index contributed by atoms with van der Waals surface area (Å²) < 4.78 is 27.7. The summed E-state index contributed by atoms with van der Waals surface area (Å²) in [5.41, 5.74) is 1.84. The van der Waals surface area contributed by atoms with Gasteiger partial charge in [0.2, 0.25) is 0 Å². The van der Waals surface area contributed by atoms with Gasteiger partial charge >= 0.3 is 0 Å². The molecule has 3 N–H and O–H groups in total. The van der Waals surface area contributed by atoms with E-state index >= 15 is 0 Å². The number of piperidine rings is 1. The molecule has 1 aliphatic heterocycles. The van der Waals surface area contributed by atoms with Gasteiger partial charge in [-0.25, -0.2) is 8.42 Å². The minimum absolute atomic E-state index is 0. The van der Waals surface area contributed by atoms with Crippen molar-refractivity contribution < 1.29 is 13.2 Å². The molecule has 3 rings (SSSR count). The number of carbonyl (C=O) groups is 1. The van der Waals surface area contributed by atoms with Crippen LogP contribution in [0.5, 0.6) is 0 Å². The predicted octanol–water partition coefficient (Wildman–Crippen LogP) is 2.95. The lowest BCUT2D eigenvalue weighted by Crippen LogP contribution is -2.48. The summed E-state index contributed by atoms with van der Waals surface area (Å²) >= 11 is 0. The highest BCUT2D eigenvalue weighted by Crippen LogP contribution is 2.20. The molecule has 152 valence electrons. The molecule has 2 atom stereocenters. The molecule has 1 fully saturated rings. The molecule has 2 unspecified atom stereocenters. The van der Waals surface area contributed by atoms with E-state index in [1.165, 1.54) is 12.1 Å². The Kier molecular flexibility index (Phi) is 7.46. The van der Waals surface area contributed by atoms with Crippen molar-refractivity contribution in [2.75, 3.05) is 17.8 Å². The van der Waals surface area contributed by atoms with Crippen LogP contribution in [0.4, 0.5) is 5.69 Å². The third kappa shape index (κ3) is 5.25. The summed E-state index contributed by atoms with van der Waals surface area (Å²) in [6.45, 7) is 5.71. The summed E-state index contributed by atoms with van der Waals surface area (Å²) in [5.74, 6) is 0.185. The van der Waals surface area contributed by atoms with Crippen LogP contribution in [-0.2, 0) is 10.0 Å². The number of aryl methyl sites for hydroxylation is 1. The number of halogens is 1. The molecule has 1 heterocycles. The first kappa shape index (κ1) is 22.2. The van der Waals surface area contributed by atoms with Gasteiger partial charge in [0, 0.05) is 11.6 Å². The average molecular weight is 424 g/mol. The maximum Gasteiger partial charge on any atom is 0.261 e. The third-order valence-electron chi connectivity index (χ3n) is 4.92. The van der Waals surface area contributed by atoms with Crippen molar-refractivity contribution in [1.82, 2.24) is 10.6 Å². The molecule has 0 spiro atoms. The summed E-state index contributed by atoms with van der Waals surface area (Å²) in [7, 11) is -3.70. The molecule has 6 nitrogen and oxygen atoms in total. The number of sulfonamides is 1. The lowest BCUT2D eigenvalue weighted by Gasteiger charge is -2.30. The number of hydrogen-bond acceptors (Lipinski definition) is 4. The minimum Gasteiger partial charge on any atom is -0.349 e. The number of hydrogen-bond donors (Lipinski definition) is 3. The van der Waals surface area contributed by atoms with Gasteiger partial charge < -0.3 is 10.6 Å². The Labute approximate surface area is 172 Å². The fourth-order valence-corrected chi connectivity index (χ4v) is 4.29. The zero-order valence-electron chi connectivity index (χ0n) is 15.9. The summed E-state index contributed by atoms with van der Waals surface area (Å²) in [6.07, 6.45) is 0.889. The first-order chi connectivity index (χ1) is 12.9. The van der Waals surface area contributed by atoms with Crippen molar-refractivity contribution >= 4 is 34.0 Å². The van der Waals surface area contributed by atoms with Gasteiger partial charge in [-0.1, -0.05) is 25.1 Å². The second kappa shape index (κ2) is 9.41. The van der Waals surface area contributed by atoms with Crippen molar-refractivity contribution in [2.24, 2.45) is 5.92 Å². The summed E-state index contributed by atoms with van der Waals surface area (Å²) in [6, 6.07) is 13.3. The Morgan fingerprint density at radius 3 is 2.43 bits per heavy atom. The van der Waals surface area contributed by atoms with E-state index in [9.17, 15) is 13.2 Å². The highest BCUT2D eigenvalue weighted by atomic mass is 35.5. The molecule has 1 amide bonds. The van der Waals surface area contributed by atoms with E-state index in [4.69, 9.17) is 0 Å². The lowest BCUT2D eigenvalue weighted by molar-refractivity contribution is 0.0914. The molecular formula is C20H26ClN3O3S. The van der Waals surface area contributed by atoms with Gasteiger partial charge in [0.05, 0.1) is 10.6 Å². The molecule has 0 bridgehead atoms. The largest absolute Gasteiger partial charge is 0.349 e. The van der Waals surface area contributed by atoms with Crippen LogP contribution in [0.25, 0.3) is 0 Å². The van der Waals surface area contributed by atoms with Gasteiger partial charge in [0.1, 0.15) is 0 Å². The quantitative estimate of drug-likeness (QED) is 0.690. The van der Waals surface area contributed by atoms with Gasteiger partial charge in [0.25, 0.3) is 15.9 Å². The Bertz CT molecular complexity index is 917. The number of benzene rings is 2. The minimum atomic E-state index is -3.70. The topological polar surface area (TPSA) is 87.3 Å². The number of para-hydroxylation sites is 1. The number of anilines is 1. The molecule has 8 heteroatoms. The molecule has 2 aromatic carbocycles. The zero-order valence-corrected chi connectivity index (χ0v) is 17.6. The van der Waals surface area contributed by atoms with Gasteiger partial charge in [-0.3, -0.25) is 9.52 Å². The van der Waals surface area contributed by atoms with E-state index in [-0.39, 0.29) is 29.3 Å². The van der Waals surface area contributed by atoms with Gasteiger partial charge in [0.15, 0.2) is 0 Å². The van der Waals surface area contributed by atoms with Crippen LogP contribution in [0.3, 0.4) is 0 Å². The van der Waals surface area contributed by atoms with Crippen molar-refractivity contribution in [3.63, 3.8) is 0 Å². The van der Waals surface area contributed by atoms with Crippen LogP contribution in [0, 0.1) is 12.8 Å². The van der Waals surface area contributed by atoms with E-state index in [0.717, 1.165) is 25.1 Å². The molecule has 1 saturated heterocycles. The second-order valence-electron chi connectivity index (χ2n) is 6.99. The fraction of sp³-hybridized carbons (Fsp3) is 0.350. The Balaban J connectivity index is 0.00000280. The molecular weight excluding hydrogens is 398 g/mol. The average Bonchev–Trinajstić information content (AvgIpc) is 2.65. The Morgan fingerprint density at radius 2 is 1.79 bits per heavy atom. The first-order valence-corrected chi connectivity index (χ1v) is 10.6. The molecule has 0 saturated carbocycles. The number of rotatable bonds is 5. The summed E-state index contributed by atoms with van der Waals surface area (Å²) in [4.78, 5) is 12.6. The van der Waals surface area contributed by atoms with Crippen LogP contribution in [-0.4, -0.2) is 33.5 Å². The third-order valence-corrected chi connectivity index (χ3v) is 6.30. The van der Waals surface area contributed by atoms with Crippen LogP contribution in [0.1, 0.15) is 29.3 Å². The molecule has 1 aliphatic rings. The maximum absolute atomic E-state index is 12.6. The van der Waals surface area contributed by atoms with Crippen molar-refractivity contribution in [2.45, 2.75) is 31.2 Å². The smallest absolute Gasteiger partial charge is 0.261 e. The van der Waals surface area contributed by atoms with E-state index in [2.05, 4.69) is 22.3 Å². The number of nitrogens with one attached hydrogen (secondary N) is 3. The second-order valence-corrected chi connectivity index (χ2v) is 8.68. The molecule has 0 aliphatic carbocycles. The number of amides is 1. The van der Waals surface area contributed by atoms with Crippen molar-refractivity contribution in [3.05, 3.63) is 59.7 Å². The highest BCUT2D eigenvalue weighted by molar-refractivity contribution is 7.92. The van der Waals surface area contributed by atoms with Gasteiger partial charge in [-0.05, 0) is 68.2 Å². The lowest BCUT2D eigenvalue weighted by atomic mass is 9.95. The SMILES string of the molecule is Cc1ccccc1NS(=O)(=O)c1ccc(C(=O)NC2CCNCC2C)cc1.Cl. The monoisotopic (exact) mass is 423 g/mol. The van der Waals surface area contributed by atoms with E-state index in [0.29, 0.717) is 17.2 Å². The normalized spacial score (nSPS) is 19.4.